The predicted octanol–water partition coefficient (Wildman–Crippen LogP) is 6.33. The predicted molar refractivity (Wildman–Crippen MR) is 82.2 cm³/mol. The van der Waals surface area contributed by atoms with Gasteiger partial charge in [0.2, 0.25) is 0 Å². The lowest BCUT2D eigenvalue weighted by atomic mass is 9.96. The van der Waals surface area contributed by atoms with Gasteiger partial charge in [0.1, 0.15) is 0 Å². The number of aryl methyl sites for hydroxylation is 1. The van der Waals surface area contributed by atoms with Gasteiger partial charge in [-0.1, -0.05) is 35.9 Å². The Bertz CT molecular complexity index is 518. The molecule has 116 valence electrons. The maximum Gasteiger partial charge on any atom is 0.416 e. The van der Waals surface area contributed by atoms with Crippen LogP contribution >= 0.6 is 0 Å². The average Bonchev–Trinajstić information content (AvgIpc) is 2.37. The molecule has 0 amide bonds. The van der Waals surface area contributed by atoms with E-state index in [1.807, 2.05) is 6.92 Å². The number of allylic oxidation sites excluding steroid dienone is 3. The third kappa shape index (κ3) is 5.78. The van der Waals surface area contributed by atoms with Crippen molar-refractivity contribution in [3.8, 4) is 0 Å². The summed E-state index contributed by atoms with van der Waals surface area (Å²) in [4.78, 5) is 0. The molecule has 1 aromatic rings. The van der Waals surface area contributed by atoms with E-state index in [-0.39, 0.29) is 0 Å². The van der Waals surface area contributed by atoms with Crippen molar-refractivity contribution < 1.29 is 13.2 Å². The summed E-state index contributed by atoms with van der Waals surface area (Å²) in [7, 11) is 0. The molecule has 0 aliphatic heterocycles. The molecule has 21 heavy (non-hydrogen) atoms. The molecule has 0 atom stereocenters. The van der Waals surface area contributed by atoms with Gasteiger partial charge in [-0.3, -0.25) is 0 Å². The third-order valence-electron chi connectivity index (χ3n) is 3.52. The van der Waals surface area contributed by atoms with Crippen molar-refractivity contribution in [2.45, 2.75) is 52.6 Å². The van der Waals surface area contributed by atoms with E-state index in [4.69, 9.17) is 0 Å². The SMILES string of the molecule is C=C(C)C(CCCCc1cccc(C(F)(F)F)c1)=C(C)C. The summed E-state index contributed by atoms with van der Waals surface area (Å²) < 4.78 is 37.9. The van der Waals surface area contributed by atoms with E-state index in [0.29, 0.717) is 6.42 Å². The molecule has 1 aromatic carbocycles. The zero-order valence-electron chi connectivity index (χ0n) is 13.0. The molecule has 0 bridgehead atoms. The molecule has 0 N–H and O–H groups in total. The van der Waals surface area contributed by atoms with Gasteiger partial charge in [0.05, 0.1) is 5.56 Å². The van der Waals surface area contributed by atoms with E-state index in [0.717, 1.165) is 36.5 Å². The largest absolute Gasteiger partial charge is 0.416 e. The second-order valence-electron chi connectivity index (χ2n) is 5.66. The van der Waals surface area contributed by atoms with E-state index < -0.39 is 11.7 Å². The highest BCUT2D eigenvalue weighted by Gasteiger charge is 2.30. The normalized spacial score (nSPS) is 11.3. The van der Waals surface area contributed by atoms with Crippen molar-refractivity contribution in [1.82, 2.24) is 0 Å². The maximum absolute atomic E-state index is 12.6. The lowest BCUT2D eigenvalue weighted by Gasteiger charge is -2.11. The number of rotatable bonds is 6. The zero-order chi connectivity index (χ0) is 16.0. The summed E-state index contributed by atoms with van der Waals surface area (Å²) in [6.07, 6.45) is -0.799. The molecule has 0 nitrogen and oxygen atoms in total. The number of unbranched alkanes of at least 4 members (excludes halogenated alkanes) is 1. The van der Waals surface area contributed by atoms with Crippen molar-refractivity contribution in [1.29, 1.82) is 0 Å². The number of benzene rings is 1. The minimum atomic E-state index is -4.26. The van der Waals surface area contributed by atoms with Crippen molar-refractivity contribution in [2.24, 2.45) is 0 Å². The van der Waals surface area contributed by atoms with Gasteiger partial charge in [0, 0.05) is 0 Å². The van der Waals surface area contributed by atoms with Crippen LogP contribution in [0.15, 0.2) is 47.6 Å². The zero-order valence-corrected chi connectivity index (χ0v) is 13.0. The van der Waals surface area contributed by atoms with Gasteiger partial charge < -0.3 is 0 Å². The Balaban J connectivity index is 2.54. The lowest BCUT2D eigenvalue weighted by Crippen LogP contribution is -2.05. The number of hydrogen-bond donors (Lipinski definition) is 0. The average molecular weight is 296 g/mol. The molecule has 3 heteroatoms. The molecular formula is C18H23F3. The third-order valence-corrected chi connectivity index (χ3v) is 3.52. The van der Waals surface area contributed by atoms with Crippen LogP contribution in [0.2, 0.25) is 0 Å². The van der Waals surface area contributed by atoms with Crippen molar-refractivity contribution in [2.75, 3.05) is 0 Å². The Kier molecular flexibility index (Phi) is 6.25. The minimum absolute atomic E-state index is 0.563. The fraction of sp³-hybridized carbons (Fsp3) is 0.444. The van der Waals surface area contributed by atoms with E-state index in [1.165, 1.54) is 23.3 Å². The summed E-state index contributed by atoms with van der Waals surface area (Å²) >= 11 is 0. The van der Waals surface area contributed by atoms with Crippen LogP contribution in [0.3, 0.4) is 0 Å². The number of halogens is 3. The van der Waals surface area contributed by atoms with Gasteiger partial charge in [0.25, 0.3) is 0 Å². The van der Waals surface area contributed by atoms with Crippen LogP contribution in [0.5, 0.6) is 0 Å². The molecule has 0 aromatic heterocycles. The van der Waals surface area contributed by atoms with Crippen molar-refractivity contribution >= 4 is 0 Å². The molecule has 0 heterocycles. The Morgan fingerprint density at radius 3 is 2.29 bits per heavy atom. The summed E-state index contributed by atoms with van der Waals surface area (Å²) in [6.45, 7) is 10.1. The molecule has 0 unspecified atom stereocenters. The quantitative estimate of drug-likeness (QED) is 0.425. The first kappa shape index (κ1) is 17.5. The minimum Gasteiger partial charge on any atom is -0.166 e. The molecule has 0 spiro atoms. The summed E-state index contributed by atoms with van der Waals surface area (Å²) in [5.74, 6) is 0. The molecule has 0 aliphatic carbocycles. The molecule has 0 radical (unpaired) electrons. The molecule has 0 saturated heterocycles. The van der Waals surface area contributed by atoms with Crippen LogP contribution in [-0.2, 0) is 12.6 Å². The lowest BCUT2D eigenvalue weighted by molar-refractivity contribution is -0.137. The highest BCUT2D eigenvalue weighted by Crippen LogP contribution is 2.30. The van der Waals surface area contributed by atoms with Crippen LogP contribution in [0.25, 0.3) is 0 Å². The first-order chi connectivity index (χ1) is 9.71. The topological polar surface area (TPSA) is 0 Å². The summed E-state index contributed by atoms with van der Waals surface area (Å²) in [5.41, 5.74) is 3.81. The van der Waals surface area contributed by atoms with Crippen LogP contribution in [0, 0.1) is 0 Å². The van der Waals surface area contributed by atoms with E-state index in [2.05, 4.69) is 20.4 Å². The molecule has 0 aliphatic rings. The van der Waals surface area contributed by atoms with E-state index in [1.54, 1.807) is 6.07 Å². The summed E-state index contributed by atoms with van der Waals surface area (Å²) in [5, 5.41) is 0. The molecule has 0 saturated carbocycles. The van der Waals surface area contributed by atoms with Gasteiger partial charge in [-0.2, -0.15) is 13.2 Å². The second-order valence-corrected chi connectivity index (χ2v) is 5.66. The number of alkyl halides is 3. The smallest absolute Gasteiger partial charge is 0.166 e. The van der Waals surface area contributed by atoms with Gasteiger partial charge in [0.15, 0.2) is 0 Å². The van der Waals surface area contributed by atoms with Gasteiger partial charge in [-0.15, -0.1) is 0 Å². The van der Waals surface area contributed by atoms with E-state index >= 15 is 0 Å². The van der Waals surface area contributed by atoms with Gasteiger partial charge in [-0.05, 0) is 63.7 Å². The van der Waals surface area contributed by atoms with Crippen LogP contribution in [0.4, 0.5) is 13.2 Å². The first-order valence-corrected chi connectivity index (χ1v) is 7.20. The highest BCUT2D eigenvalue weighted by atomic mass is 19.4. The highest BCUT2D eigenvalue weighted by molar-refractivity contribution is 5.30. The molecular weight excluding hydrogens is 273 g/mol. The van der Waals surface area contributed by atoms with Crippen LogP contribution in [0.1, 0.15) is 51.2 Å². The fourth-order valence-corrected chi connectivity index (χ4v) is 2.42. The Labute approximate surface area is 125 Å². The monoisotopic (exact) mass is 296 g/mol. The number of hydrogen-bond acceptors (Lipinski definition) is 0. The van der Waals surface area contributed by atoms with Crippen molar-refractivity contribution in [3.05, 3.63) is 58.7 Å². The van der Waals surface area contributed by atoms with Crippen molar-refractivity contribution in [3.63, 3.8) is 0 Å². The fourth-order valence-electron chi connectivity index (χ4n) is 2.42. The standard InChI is InChI=1S/C18H23F3/c1-13(2)17(14(3)4)11-6-5-8-15-9-7-10-16(12-15)18(19,20)21/h7,9-10,12H,1,5-6,8,11H2,2-4H3. The maximum atomic E-state index is 12.6. The van der Waals surface area contributed by atoms with E-state index in [9.17, 15) is 13.2 Å². The molecule has 0 fully saturated rings. The molecule has 1 rings (SSSR count). The van der Waals surface area contributed by atoms with Crippen LogP contribution < -0.4 is 0 Å². The second kappa shape index (κ2) is 7.48. The summed E-state index contributed by atoms with van der Waals surface area (Å²) in [6, 6.07) is 5.61. The van der Waals surface area contributed by atoms with Gasteiger partial charge >= 0.3 is 6.18 Å². The Hall–Kier alpha value is -1.51. The Morgan fingerprint density at radius 1 is 1.10 bits per heavy atom. The van der Waals surface area contributed by atoms with Gasteiger partial charge in [-0.25, -0.2) is 0 Å². The Morgan fingerprint density at radius 2 is 1.76 bits per heavy atom. The van der Waals surface area contributed by atoms with Crippen LogP contribution in [-0.4, -0.2) is 0 Å². The first-order valence-electron chi connectivity index (χ1n) is 7.20.